The molecule has 1 heterocycles. The van der Waals surface area contributed by atoms with Gasteiger partial charge in [-0.2, -0.15) is 0 Å². The third-order valence-corrected chi connectivity index (χ3v) is 3.45. The molecule has 1 aromatic carbocycles. The largest absolute Gasteiger partial charge is 0.324 e. The summed E-state index contributed by atoms with van der Waals surface area (Å²) >= 11 is 6.13. The molecule has 0 aliphatic carbocycles. The van der Waals surface area contributed by atoms with Gasteiger partial charge in [0.05, 0.1) is 16.2 Å². The number of rotatable bonds is 5. The second-order valence-corrected chi connectivity index (χ2v) is 5.10. The summed E-state index contributed by atoms with van der Waals surface area (Å²) in [6.07, 6.45) is 1.69. The lowest BCUT2D eigenvalue weighted by molar-refractivity contribution is -0.119. The summed E-state index contributed by atoms with van der Waals surface area (Å²) in [6.45, 7) is 5.41. The molecular formula is C15H18ClN3O. The first-order valence-electron chi connectivity index (χ1n) is 6.68. The minimum absolute atomic E-state index is 0.0276. The molecule has 0 radical (unpaired) electrons. The minimum atomic E-state index is -0.107. The molecule has 0 aliphatic heterocycles. The van der Waals surface area contributed by atoms with Crippen LogP contribution in [0.3, 0.4) is 0 Å². The third-order valence-electron chi connectivity index (χ3n) is 3.12. The molecular weight excluding hydrogens is 274 g/mol. The van der Waals surface area contributed by atoms with Gasteiger partial charge in [0.15, 0.2) is 0 Å². The van der Waals surface area contributed by atoms with Crippen molar-refractivity contribution in [1.82, 2.24) is 10.3 Å². The van der Waals surface area contributed by atoms with Gasteiger partial charge in [0.25, 0.3) is 0 Å². The smallest absolute Gasteiger partial charge is 0.228 e. The molecule has 0 aliphatic rings. The van der Waals surface area contributed by atoms with Crippen molar-refractivity contribution < 1.29 is 4.79 Å². The molecule has 5 heteroatoms. The highest BCUT2D eigenvalue weighted by Crippen LogP contribution is 2.28. The molecule has 0 fully saturated rings. The van der Waals surface area contributed by atoms with E-state index in [1.165, 1.54) is 0 Å². The SMILES string of the molecule is CCNCC(C)C(=O)Nc1ccc(Cl)c2cccnc12. The van der Waals surface area contributed by atoms with E-state index in [0.29, 0.717) is 22.8 Å². The number of carbonyl (C=O) groups excluding carboxylic acids is 1. The molecule has 4 nitrogen and oxygen atoms in total. The minimum Gasteiger partial charge on any atom is -0.324 e. The summed E-state index contributed by atoms with van der Waals surface area (Å²) in [5, 5.41) is 7.55. The Balaban J connectivity index is 2.22. The van der Waals surface area contributed by atoms with Crippen LogP contribution in [0.5, 0.6) is 0 Å². The molecule has 2 rings (SSSR count). The number of benzene rings is 1. The Kier molecular flexibility index (Phi) is 4.93. The summed E-state index contributed by atoms with van der Waals surface area (Å²) < 4.78 is 0. The summed E-state index contributed by atoms with van der Waals surface area (Å²) in [5.74, 6) is -0.135. The number of anilines is 1. The van der Waals surface area contributed by atoms with E-state index >= 15 is 0 Å². The number of nitrogens with zero attached hydrogens (tertiary/aromatic N) is 1. The maximum Gasteiger partial charge on any atom is 0.228 e. The van der Waals surface area contributed by atoms with Crippen LogP contribution >= 0.6 is 11.6 Å². The van der Waals surface area contributed by atoms with E-state index in [9.17, 15) is 4.79 Å². The number of pyridine rings is 1. The van der Waals surface area contributed by atoms with Gasteiger partial charge in [0.2, 0.25) is 5.91 Å². The van der Waals surface area contributed by atoms with Gasteiger partial charge in [-0.3, -0.25) is 9.78 Å². The van der Waals surface area contributed by atoms with Crippen molar-refractivity contribution in [2.45, 2.75) is 13.8 Å². The Morgan fingerprint density at radius 2 is 2.20 bits per heavy atom. The maximum absolute atomic E-state index is 12.1. The standard InChI is InChI=1S/C15H18ClN3O/c1-3-17-9-10(2)15(20)19-13-7-6-12(16)11-5-4-8-18-14(11)13/h4-8,10,17H,3,9H2,1-2H3,(H,19,20). The number of halogens is 1. The van der Waals surface area contributed by atoms with Gasteiger partial charge < -0.3 is 10.6 Å². The van der Waals surface area contributed by atoms with E-state index in [1.54, 1.807) is 18.3 Å². The van der Waals surface area contributed by atoms with Gasteiger partial charge in [0, 0.05) is 24.0 Å². The number of hydrogen-bond acceptors (Lipinski definition) is 3. The lowest BCUT2D eigenvalue weighted by Gasteiger charge is -2.14. The fourth-order valence-corrected chi connectivity index (χ4v) is 2.16. The summed E-state index contributed by atoms with van der Waals surface area (Å²) in [7, 11) is 0. The van der Waals surface area contributed by atoms with Gasteiger partial charge in [-0.1, -0.05) is 25.4 Å². The third kappa shape index (κ3) is 3.26. The Morgan fingerprint density at radius 1 is 1.40 bits per heavy atom. The van der Waals surface area contributed by atoms with Crippen molar-refractivity contribution in [3.05, 3.63) is 35.5 Å². The van der Waals surface area contributed by atoms with E-state index in [1.807, 2.05) is 26.0 Å². The molecule has 0 saturated carbocycles. The van der Waals surface area contributed by atoms with Crippen molar-refractivity contribution in [2.75, 3.05) is 18.4 Å². The van der Waals surface area contributed by atoms with Crippen molar-refractivity contribution in [3.8, 4) is 0 Å². The molecule has 0 spiro atoms. The Morgan fingerprint density at radius 3 is 2.95 bits per heavy atom. The van der Waals surface area contributed by atoms with E-state index in [2.05, 4.69) is 15.6 Å². The van der Waals surface area contributed by atoms with Crippen LogP contribution in [0.15, 0.2) is 30.5 Å². The molecule has 106 valence electrons. The number of fused-ring (bicyclic) bond motifs is 1. The highest BCUT2D eigenvalue weighted by molar-refractivity contribution is 6.35. The molecule has 1 amide bonds. The Labute approximate surface area is 123 Å². The van der Waals surface area contributed by atoms with Gasteiger partial charge in [-0.15, -0.1) is 0 Å². The maximum atomic E-state index is 12.1. The van der Waals surface area contributed by atoms with Crippen molar-refractivity contribution >= 4 is 34.1 Å². The fraction of sp³-hybridized carbons (Fsp3) is 0.333. The molecule has 2 aromatic rings. The second-order valence-electron chi connectivity index (χ2n) is 4.69. The highest BCUT2D eigenvalue weighted by Gasteiger charge is 2.14. The van der Waals surface area contributed by atoms with Gasteiger partial charge >= 0.3 is 0 Å². The van der Waals surface area contributed by atoms with E-state index < -0.39 is 0 Å². The van der Waals surface area contributed by atoms with E-state index in [0.717, 1.165) is 11.9 Å². The number of aromatic nitrogens is 1. The van der Waals surface area contributed by atoms with E-state index in [4.69, 9.17) is 11.6 Å². The first-order chi connectivity index (χ1) is 9.63. The zero-order chi connectivity index (χ0) is 14.5. The molecule has 2 N–H and O–H groups in total. The predicted octanol–water partition coefficient (Wildman–Crippen LogP) is 3.07. The fourth-order valence-electron chi connectivity index (χ4n) is 1.95. The zero-order valence-electron chi connectivity index (χ0n) is 11.6. The van der Waals surface area contributed by atoms with E-state index in [-0.39, 0.29) is 11.8 Å². The first kappa shape index (κ1) is 14.8. The second kappa shape index (κ2) is 6.68. The van der Waals surface area contributed by atoms with Gasteiger partial charge in [-0.25, -0.2) is 0 Å². The van der Waals surface area contributed by atoms with Crippen LogP contribution in [0.2, 0.25) is 5.02 Å². The van der Waals surface area contributed by atoms with Crippen LogP contribution in [0.25, 0.3) is 10.9 Å². The molecule has 1 atom stereocenters. The van der Waals surface area contributed by atoms with Crippen molar-refractivity contribution in [1.29, 1.82) is 0 Å². The van der Waals surface area contributed by atoms with Crippen molar-refractivity contribution in [2.24, 2.45) is 5.92 Å². The number of amides is 1. The normalized spacial score (nSPS) is 12.3. The monoisotopic (exact) mass is 291 g/mol. The highest BCUT2D eigenvalue weighted by atomic mass is 35.5. The quantitative estimate of drug-likeness (QED) is 0.890. The van der Waals surface area contributed by atoms with Crippen LogP contribution < -0.4 is 10.6 Å². The molecule has 0 saturated heterocycles. The Hall–Kier alpha value is -1.65. The van der Waals surface area contributed by atoms with Crippen LogP contribution in [0, 0.1) is 5.92 Å². The van der Waals surface area contributed by atoms with Crippen LogP contribution in [-0.4, -0.2) is 24.0 Å². The molecule has 20 heavy (non-hydrogen) atoms. The first-order valence-corrected chi connectivity index (χ1v) is 7.06. The predicted molar refractivity (Wildman–Crippen MR) is 83.1 cm³/mol. The van der Waals surface area contributed by atoms with Gasteiger partial charge in [-0.05, 0) is 30.8 Å². The number of carbonyl (C=O) groups is 1. The average Bonchev–Trinajstić information content (AvgIpc) is 2.47. The lowest BCUT2D eigenvalue weighted by Crippen LogP contribution is -2.30. The average molecular weight is 292 g/mol. The molecule has 1 unspecified atom stereocenters. The van der Waals surface area contributed by atoms with Crippen LogP contribution in [0.1, 0.15) is 13.8 Å². The zero-order valence-corrected chi connectivity index (χ0v) is 12.4. The number of hydrogen-bond donors (Lipinski definition) is 2. The number of nitrogens with one attached hydrogen (secondary N) is 2. The summed E-state index contributed by atoms with van der Waals surface area (Å²) in [5.41, 5.74) is 1.40. The topological polar surface area (TPSA) is 54.0 Å². The lowest BCUT2D eigenvalue weighted by atomic mass is 10.1. The van der Waals surface area contributed by atoms with Crippen LogP contribution in [-0.2, 0) is 4.79 Å². The van der Waals surface area contributed by atoms with Crippen molar-refractivity contribution in [3.63, 3.8) is 0 Å². The molecule has 0 bridgehead atoms. The van der Waals surface area contributed by atoms with Crippen LogP contribution in [0.4, 0.5) is 5.69 Å². The Bertz CT molecular complexity index is 615. The molecule has 1 aromatic heterocycles. The summed E-state index contributed by atoms with van der Waals surface area (Å²) in [6, 6.07) is 7.28. The van der Waals surface area contributed by atoms with Gasteiger partial charge in [0.1, 0.15) is 0 Å². The summed E-state index contributed by atoms with van der Waals surface area (Å²) in [4.78, 5) is 16.4.